The van der Waals surface area contributed by atoms with E-state index in [0.717, 1.165) is 18.8 Å². The Morgan fingerprint density at radius 2 is 0.870 bits per heavy atom. The zero-order chi connectivity index (χ0) is 17.2. The minimum atomic E-state index is -0.120. The van der Waals surface area contributed by atoms with Gasteiger partial charge in [-0.1, -0.05) is 96.8 Å². The van der Waals surface area contributed by atoms with Gasteiger partial charge in [0, 0.05) is 6.61 Å². The van der Waals surface area contributed by atoms with E-state index >= 15 is 0 Å². The Morgan fingerprint density at radius 1 is 0.522 bits per heavy atom. The van der Waals surface area contributed by atoms with Crippen molar-refractivity contribution in [2.45, 2.75) is 123 Å². The Hall–Kier alpha value is -0.0800. The van der Waals surface area contributed by atoms with Gasteiger partial charge >= 0.3 is 0 Å². The second-order valence-electron chi connectivity index (χ2n) is 7.64. The highest BCUT2D eigenvalue weighted by Crippen LogP contribution is 2.18. The van der Waals surface area contributed by atoms with Crippen LogP contribution in [0.5, 0.6) is 0 Å². The fourth-order valence-electron chi connectivity index (χ4n) is 3.27. The van der Waals surface area contributed by atoms with E-state index in [1.165, 1.54) is 89.9 Å². The molecule has 2 unspecified atom stereocenters. The third kappa shape index (κ3) is 19.9. The van der Waals surface area contributed by atoms with Crippen molar-refractivity contribution in [3.05, 3.63) is 0 Å². The molecule has 0 heterocycles. The summed E-state index contributed by atoms with van der Waals surface area (Å²) in [6.45, 7) is 4.64. The van der Waals surface area contributed by atoms with Crippen LogP contribution in [0.25, 0.3) is 0 Å². The minimum absolute atomic E-state index is 0.120. The highest BCUT2D eigenvalue weighted by Gasteiger charge is 2.03. The van der Waals surface area contributed by atoms with Crippen molar-refractivity contribution in [3.8, 4) is 0 Å². The number of aliphatic hydroxyl groups is 2. The molecule has 0 amide bonds. The van der Waals surface area contributed by atoms with Gasteiger partial charge in [0.1, 0.15) is 0 Å². The van der Waals surface area contributed by atoms with Crippen LogP contribution in [-0.4, -0.2) is 22.9 Å². The zero-order valence-corrected chi connectivity index (χ0v) is 16.1. The van der Waals surface area contributed by atoms with Gasteiger partial charge in [0.05, 0.1) is 6.10 Å². The lowest BCUT2D eigenvalue weighted by Gasteiger charge is -2.11. The summed E-state index contributed by atoms with van der Waals surface area (Å²) >= 11 is 0. The molecule has 0 aromatic rings. The van der Waals surface area contributed by atoms with E-state index in [2.05, 4.69) is 6.92 Å². The summed E-state index contributed by atoms with van der Waals surface area (Å²) < 4.78 is 0. The molecule has 23 heavy (non-hydrogen) atoms. The maximum Gasteiger partial charge on any atom is 0.0512 e. The summed E-state index contributed by atoms with van der Waals surface area (Å²) in [6, 6.07) is 0. The monoisotopic (exact) mass is 328 g/mol. The average Bonchev–Trinajstić information content (AvgIpc) is 2.52. The van der Waals surface area contributed by atoms with Crippen LogP contribution in [0.4, 0.5) is 0 Å². The molecule has 0 rings (SSSR count). The van der Waals surface area contributed by atoms with Gasteiger partial charge < -0.3 is 10.2 Å². The van der Waals surface area contributed by atoms with Crippen molar-refractivity contribution < 1.29 is 10.2 Å². The lowest BCUT2D eigenvalue weighted by molar-refractivity contribution is 0.179. The van der Waals surface area contributed by atoms with E-state index in [0.29, 0.717) is 6.61 Å². The minimum Gasteiger partial charge on any atom is -0.396 e. The van der Waals surface area contributed by atoms with Crippen molar-refractivity contribution in [3.63, 3.8) is 0 Å². The number of aliphatic hydroxyl groups excluding tert-OH is 2. The molecule has 140 valence electrons. The molecule has 0 spiro atoms. The van der Waals surface area contributed by atoms with E-state index in [9.17, 15) is 5.11 Å². The number of unbranched alkanes of at least 4 members (excludes halogenated alkanes) is 11. The molecule has 0 fully saturated rings. The topological polar surface area (TPSA) is 40.5 Å². The molecule has 2 atom stereocenters. The third-order valence-corrected chi connectivity index (χ3v) is 4.92. The van der Waals surface area contributed by atoms with Gasteiger partial charge in [-0.2, -0.15) is 0 Å². The van der Waals surface area contributed by atoms with E-state index in [4.69, 9.17) is 5.11 Å². The average molecular weight is 329 g/mol. The van der Waals surface area contributed by atoms with Crippen molar-refractivity contribution in [2.24, 2.45) is 5.92 Å². The Bertz CT molecular complexity index is 216. The van der Waals surface area contributed by atoms with Crippen molar-refractivity contribution >= 4 is 0 Å². The molecule has 0 bridgehead atoms. The van der Waals surface area contributed by atoms with Gasteiger partial charge in [0.25, 0.3) is 0 Å². The van der Waals surface area contributed by atoms with Crippen LogP contribution < -0.4 is 0 Å². The van der Waals surface area contributed by atoms with Gasteiger partial charge in [-0.05, 0) is 25.7 Å². The van der Waals surface area contributed by atoms with Crippen LogP contribution in [0.3, 0.4) is 0 Å². The number of rotatable bonds is 18. The van der Waals surface area contributed by atoms with Crippen LogP contribution in [0.2, 0.25) is 0 Å². The predicted octanol–water partition coefficient (Wildman–Crippen LogP) is 6.24. The first-order valence-corrected chi connectivity index (χ1v) is 10.5. The van der Waals surface area contributed by atoms with E-state index in [-0.39, 0.29) is 6.10 Å². The molecule has 0 aliphatic heterocycles. The SMILES string of the molecule is CC(O)CCCCC(C)CCCCCCCCCCCCCO. The fourth-order valence-corrected chi connectivity index (χ4v) is 3.27. The summed E-state index contributed by atoms with van der Waals surface area (Å²) in [5.74, 6) is 0.864. The third-order valence-electron chi connectivity index (χ3n) is 4.92. The second kappa shape index (κ2) is 18.3. The molecular formula is C21H44O2. The molecule has 2 N–H and O–H groups in total. The summed E-state index contributed by atoms with van der Waals surface area (Å²) in [5.41, 5.74) is 0. The molecule has 0 aliphatic rings. The van der Waals surface area contributed by atoms with E-state index in [1.54, 1.807) is 0 Å². The number of hydrogen-bond acceptors (Lipinski definition) is 2. The Labute approximate surface area is 146 Å². The molecule has 0 aromatic heterocycles. The highest BCUT2D eigenvalue weighted by molar-refractivity contribution is 4.57. The van der Waals surface area contributed by atoms with Crippen molar-refractivity contribution in [2.75, 3.05) is 6.61 Å². The van der Waals surface area contributed by atoms with Crippen LogP contribution in [0, 0.1) is 5.92 Å². The maximum atomic E-state index is 9.23. The normalized spacial score (nSPS) is 14.1. The molecular weight excluding hydrogens is 284 g/mol. The molecule has 2 nitrogen and oxygen atoms in total. The van der Waals surface area contributed by atoms with E-state index in [1.807, 2.05) is 6.92 Å². The smallest absolute Gasteiger partial charge is 0.0512 e. The van der Waals surface area contributed by atoms with Crippen molar-refractivity contribution in [1.82, 2.24) is 0 Å². The van der Waals surface area contributed by atoms with Gasteiger partial charge in [-0.3, -0.25) is 0 Å². The molecule has 0 aromatic carbocycles. The Morgan fingerprint density at radius 3 is 1.30 bits per heavy atom. The van der Waals surface area contributed by atoms with Gasteiger partial charge in [-0.15, -0.1) is 0 Å². The summed E-state index contributed by atoms with van der Waals surface area (Å²) in [6.07, 6.45) is 20.7. The predicted molar refractivity (Wildman–Crippen MR) is 102 cm³/mol. The quantitative estimate of drug-likeness (QED) is 0.292. The highest BCUT2D eigenvalue weighted by atomic mass is 16.3. The van der Waals surface area contributed by atoms with Gasteiger partial charge in [0.15, 0.2) is 0 Å². The van der Waals surface area contributed by atoms with E-state index < -0.39 is 0 Å². The molecule has 0 radical (unpaired) electrons. The Kier molecular flexibility index (Phi) is 18.2. The van der Waals surface area contributed by atoms with Gasteiger partial charge in [0.2, 0.25) is 0 Å². The molecule has 2 heteroatoms. The summed E-state index contributed by atoms with van der Waals surface area (Å²) in [4.78, 5) is 0. The molecule has 0 saturated heterocycles. The Balaban J connectivity index is 3.11. The van der Waals surface area contributed by atoms with Crippen LogP contribution in [0.15, 0.2) is 0 Å². The first-order valence-electron chi connectivity index (χ1n) is 10.5. The first kappa shape index (κ1) is 22.9. The van der Waals surface area contributed by atoms with Gasteiger partial charge in [-0.25, -0.2) is 0 Å². The standard InChI is InChI=1S/C21H44O2/c1-20(17-13-14-18-21(2)23)16-12-10-8-6-4-3-5-7-9-11-15-19-22/h20-23H,3-19H2,1-2H3. The zero-order valence-electron chi connectivity index (χ0n) is 16.1. The summed E-state index contributed by atoms with van der Waals surface area (Å²) in [7, 11) is 0. The molecule has 0 saturated carbocycles. The van der Waals surface area contributed by atoms with Crippen molar-refractivity contribution in [1.29, 1.82) is 0 Å². The maximum absolute atomic E-state index is 9.23. The lowest BCUT2D eigenvalue weighted by Crippen LogP contribution is -2.00. The second-order valence-corrected chi connectivity index (χ2v) is 7.64. The first-order chi connectivity index (χ1) is 11.2. The summed E-state index contributed by atoms with van der Waals surface area (Å²) in [5, 5.41) is 17.9. The number of hydrogen-bond donors (Lipinski definition) is 2. The van der Waals surface area contributed by atoms with Crippen LogP contribution >= 0.6 is 0 Å². The largest absolute Gasteiger partial charge is 0.396 e. The van der Waals surface area contributed by atoms with Crippen LogP contribution in [0.1, 0.15) is 117 Å². The molecule has 0 aliphatic carbocycles. The fraction of sp³-hybridized carbons (Fsp3) is 1.00. The lowest BCUT2D eigenvalue weighted by atomic mass is 9.96. The van der Waals surface area contributed by atoms with Crippen LogP contribution in [-0.2, 0) is 0 Å².